The number of nitrogens with two attached hydrogens (primary N) is 1. The van der Waals surface area contributed by atoms with Gasteiger partial charge in [-0.3, -0.25) is 4.79 Å². The van der Waals surface area contributed by atoms with E-state index >= 15 is 0 Å². The van der Waals surface area contributed by atoms with Gasteiger partial charge in [0.25, 0.3) is 5.91 Å². The average molecular weight is 285 g/mol. The molecule has 1 heterocycles. The number of rotatable bonds is 4. The molecular weight excluding hydrogens is 264 g/mol. The Hall–Kier alpha value is -1.10. The minimum absolute atomic E-state index is 0. The Balaban J connectivity index is 0.00000180. The Morgan fingerprint density at radius 2 is 2.11 bits per heavy atom. The molecule has 2 rings (SSSR count). The number of amides is 1. The summed E-state index contributed by atoms with van der Waals surface area (Å²) in [5.74, 6) is 0.426. The van der Waals surface area contributed by atoms with Crippen molar-refractivity contribution in [3.05, 3.63) is 35.4 Å². The fourth-order valence-corrected chi connectivity index (χ4v) is 2.10. The van der Waals surface area contributed by atoms with Crippen LogP contribution in [0, 0.1) is 5.92 Å². The Bertz CT molecular complexity index is 389. The van der Waals surface area contributed by atoms with Crippen molar-refractivity contribution in [2.75, 3.05) is 19.8 Å². The number of hydrogen-bond donors (Lipinski definition) is 2. The lowest BCUT2D eigenvalue weighted by Gasteiger charge is -2.22. The highest BCUT2D eigenvalue weighted by molar-refractivity contribution is 5.94. The van der Waals surface area contributed by atoms with Crippen LogP contribution in [0.4, 0.5) is 0 Å². The van der Waals surface area contributed by atoms with Gasteiger partial charge in [0.05, 0.1) is 6.61 Å². The van der Waals surface area contributed by atoms with Crippen LogP contribution in [0.15, 0.2) is 24.3 Å². The van der Waals surface area contributed by atoms with Crippen molar-refractivity contribution in [2.45, 2.75) is 19.4 Å². The molecule has 0 aromatic heterocycles. The molecule has 1 aromatic carbocycles. The monoisotopic (exact) mass is 284 g/mol. The Morgan fingerprint density at radius 1 is 1.37 bits per heavy atom. The van der Waals surface area contributed by atoms with Crippen LogP contribution >= 0.6 is 12.4 Å². The molecule has 19 heavy (non-hydrogen) atoms. The SMILES string of the molecule is Cl.NCc1ccc(C(=O)NCC2CCCOC2)cc1. The van der Waals surface area contributed by atoms with Crippen LogP contribution in [0.3, 0.4) is 0 Å². The molecule has 1 atom stereocenters. The minimum atomic E-state index is -0.0239. The zero-order chi connectivity index (χ0) is 12.8. The van der Waals surface area contributed by atoms with Gasteiger partial charge >= 0.3 is 0 Å². The van der Waals surface area contributed by atoms with E-state index in [0.29, 0.717) is 24.6 Å². The summed E-state index contributed by atoms with van der Waals surface area (Å²) >= 11 is 0. The highest BCUT2D eigenvalue weighted by Crippen LogP contribution is 2.12. The van der Waals surface area contributed by atoms with E-state index in [1.165, 1.54) is 0 Å². The van der Waals surface area contributed by atoms with E-state index in [9.17, 15) is 4.79 Å². The summed E-state index contributed by atoms with van der Waals surface area (Å²) in [4.78, 5) is 11.9. The predicted octanol–water partition coefficient (Wildman–Crippen LogP) is 1.72. The van der Waals surface area contributed by atoms with Crippen LogP contribution in [-0.2, 0) is 11.3 Å². The zero-order valence-corrected chi connectivity index (χ0v) is 11.7. The molecule has 1 saturated heterocycles. The summed E-state index contributed by atoms with van der Waals surface area (Å²) in [6, 6.07) is 7.40. The lowest BCUT2D eigenvalue weighted by atomic mass is 10.0. The normalized spacial score (nSPS) is 18.5. The first-order valence-corrected chi connectivity index (χ1v) is 6.44. The van der Waals surface area contributed by atoms with Crippen LogP contribution in [0.2, 0.25) is 0 Å². The Kier molecular flexibility index (Phi) is 6.84. The summed E-state index contributed by atoms with van der Waals surface area (Å²) in [6.45, 7) is 2.80. The molecule has 0 bridgehead atoms. The number of benzene rings is 1. The summed E-state index contributed by atoms with van der Waals surface area (Å²) in [6.07, 6.45) is 2.22. The second-order valence-electron chi connectivity index (χ2n) is 4.69. The minimum Gasteiger partial charge on any atom is -0.381 e. The third-order valence-electron chi connectivity index (χ3n) is 3.26. The van der Waals surface area contributed by atoms with E-state index in [1.807, 2.05) is 24.3 Å². The molecule has 1 aliphatic heterocycles. The summed E-state index contributed by atoms with van der Waals surface area (Å²) in [5, 5.41) is 2.96. The zero-order valence-electron chi connectivity index (χ0n) is 10.9. The summed E-state index contributed by atoms with van der Waals surface area (Å²) in [5.41, 5.74) is 7.24. The first kappa shape index (κ1) is 16.0. The number of nitrogens with one attached hydrogen (secondary N) is 1. The van der Waals surface area contributed by atoms with Gasteiger partial charge in [-0.2, -0.15) is 0 Å². The number of carbonyl (C=O) groups is 1. The van der Waals surface area contributed by atoms with E-state index in [1.54, 1.807) is 0 Å². The van der Waals surface area contributed by atoms with Gasteiger partial charge in [0.15, 0.2) is 0 Å². The van der Waals surface area contributed by atoms with Gasteiger partial charge in [0.1, 0.15) is 0 Å². The van der Waals surface area contributed by atoms with Gasteiger partial charge < -0.3 is 15.8 Å². The van der Waals surface area contributed by atoms with Crippen LogP contribution in [-0.4, -0.2) is 25.7 Å². The van der Waals surface area contributed by atoms with E-state index in [0.717, 1.165) is 31.6 Å². The molecule has 4 nitrogen and oxygen atoms in total. The Labute approximate surface area is 120 Å². The van der Waals surface area contributed by atoms with Gasteiger partial charge in [-0.15, -0.1) is 12.4 Å². The molecule has 0 spiro atoms. The molecular formula is C14H21ClN2O2. The number of ether oxygens (including phenoxy) is 1. The first-order chi connectivity index (χ1) is 8.79. The van der Waals surface area contributed by atoms with Gasteiger partial charge in [-0.1, -0.05) is 12.1 Å². The van der Waals surface area contributed by atoms with Crippen LogP contribution in [0.5, 0.6) is 0 Å². The molecule has 5 heteroatoms. The first-order valence-electron chi connectivity index (χ1n) is 6.44. The van der Waals surface area contributed by atoms with Crippen LogP contribution in [0.1, 0.15) is 28.8 Å². The quantitative estimate of drug-likeness (QED) is 0.885. The number of hydrogen-bond acceptors (Lipinski definition) is 3. The maximum atomic E-state index is 11.9. The Morgan fingerprint density at radius 3 is 2.68 bits per heavy atom. The van der Waals surface area contributed by atoms with E-state index in [4.69, 9.17) is 10.5 Å². The van der Waals surface area contributed by atoms with Crippen molar-refractivity contribution < 1.29 is 9.53 Å². The molecule has 1 fully saturated rings. The van der Waals surface area contributed by atoms with Gasteiger partial charge in [-0.25, -0.2) is 0 Å². The lowest BCUT2D eigenvalue weighted by molar-refractivity contribution is 0.0536. The molecule has 1 amide bonds. The highest BCUT2D eigenvalue weighted by Gasteiger charge is 2.15. The standard InChI is InChI=1S/C14H20N2O2.ClH/c15-8-11-3-5-13(6-4-11)14(17)16-9-12-2-1-7-18-10-12;/h3-6,12H,1-2,7-10,15H2,(H,16,17);1H. The highest BCUT2D eigenvalue weighted by atomic mass is 35.5. The number of halogens is 1. The van der Waals surface area contributed by atoms with Gasteiger partial charge in [-0.05, 0) is 36.5 Å². The van der Waals surface area contributed by atoms with E-state index < -0.39 is 0 Å². The van der Waals surface area contributed by atoms with Crippen LogP contribution < -0.4 is 11.1 Å². The van der Waals surface area contributed by atoms with Crippen molar-refractivity contribution in [3.63, 3.8) is 0 Å². The second-order valence-corrected chi connectivity index (χ2v) is 4.69. The van der Waals surface area contributed by atoms with E-state index in [2.05, 4.69) is 5.32 Å². The third-order valence-corrected chi connectivity index (χ3v) is 3.26. The van der Waals surface area contributed by atoms with Gasteiger partial charge in [0, 0.05) is 25.3 Å². The summed E-state index contributed by atoms with van der Waals surface area (Å²) in [7, 11) is 0. The second kappa shape index (κ2) is 8.15. The molecule has 0 radical (unpaired) electrons. The maximum absolute atomic E-state index is 11.9. The molecule has 1 unspecified atom stereocenters. The van der Waals surface area contributed by atoms with Crippen molar-refractivity contribution in [3.8, 4) is 0 Å². The number of carbonyl (C=O) groups excluding carboxylic acids is 1. The lowest BCUT2D eigenvalue weighted by Crippen LogP contribution is -2.33. The van der Waals surface area contributed by atoms with Gasteiger partial charge in [0.2, 0.25) is 0 Å². The third kappa shape index (κ3) is 4.82. The molecule has 1 aliphatic rings. The maximum Gasteiger partial charge on any atom is 0.251 e. The molecule has 1 aromatic rings. The van der Waals surface area contributed by atoms with Crippen molar-refractivity contribution in [1.29, 1.82) is 0 Å². The fraction of sp³-hybridized carbons (Fsp3) is 0.500. The topological polar surface area (TPSA) is 64.4 Å². The summed E-state index contributed by atoms with van der Waals surface area (Å²) < 4.78 is 5.39. The fourth-order valence-electron chi connectivity index (χ4n) is 2.10. The molecule has 0 saturated carbocycles. The molecule has 106 valence electrons. The van der Waals surface area contributed by atoms with Crippen LogP contribution in [0.25, 0.3) is 0 Å². The average Bonchev–Trinajstić information content (AvgIpc) is 2.46. The van der Waals surface area contributed by atoms with Crippen molar-refractivity contribution in [2.24, 2.45) is 11.7 Å². The van der Waals surface area contributed by atoms with Crippen molar-refractivity contribution >= 4 is 18.3 Å². The van der Waals surface area contributed by atoms with Crippen molar-refractivity contribution in [1.82, 2.24) is 5.32 Å². The molecule has 3 N–H and O–H groups in total. The van der Waals surface area contributed by atoms with E-state index in [-0.39, 0.29) is 18.3 Å². The molecule has 0 aliphatic carbocycles. The largest absolute Gasteiger partial charge is 0.381 e. The smallest absolute Gasteiger partial charge is 0.251 e. The predicted molar refractivity (Wildman–Crippen MR) is 77.5 cm³/mol.